The van der Waals surface area contributed by atoms with Gasteiger partial charge in [-0.1, -0.05) is 39.0 Å². The van der Waals surface area contributed by atoms with Crippen LogP contribution < -0.4 is 10.1 Å². The molecule has 19 heavy (non-hydrogen) atoms. The molecule has 0 unspecified atom stereocenters. The fraction of sp³-hybridized carbons (Fsp3) is 0.625. The summed E-state index contributed by atoms with van der Waals surface area (Å²) in [5.41, 5.74) is 0.886. The minimum atomic E-state index is -0.256. The Morgan fingerprint density at radius 3 is 2.53 bits per heavy atom. The van der Waals surface area contributed by atoms with Gasteiger partial charge in [-0.3, -0.25) is 0 Å². The molecule has 0 heterocycles. The van der Waals surface area contributed by atoms with Gasteiger partial charge in [-0.2, -0.15) is 0 Å². The van der Waals surface area contributed by atoms with Crippen molar-refractivity contribution in [3.8, 4) is 5.75 Å². The molecule has 0 aromatic heterocycles. The Morgan fingerprint density at radius 2 is 1.79 bits per heavy atom. The van der Waals surface area contributed by atoms with E-state index >= 15 is 0 Å². The molecule has 108 valence electrons. The molecule has 0 atom stereocenters. The van der Waals surface area contributed by atoms with E-state index in [0.29, 0.717) is 12.4 Å². The average molecular weight is 267 g/mol. The predicted molar refractivity (Wildman–Crippen MR) is 79.4 cm³/mol. The molecule has 1 N–H and O–H groups in total. The third kappa shape index (κ3) is 6.46. The zero-order valence-corrected chi connectivity index (χ0v) is 12.2. The molecule has 0 spiro atoms. The Balaban J connectivity index is 2.28. The van der Waals surface area contributed by atoms with E-state index in [9.17, 15) is 4.39 Å². The summed E-state index contributed by atoms with van der Waals surface area (Å²) in [7, 11) is 0. The van der Waals surface area contributed by atoms with Crippen molar-refractivity contribution < 1.29 is 9.13 Å². The lowest BCUT2D eigenvalue weighted by Crippen LogP contribution is -2.04. The number of rotatable bonds is 10. The maximum atomic E-state index is 13.1. The topological polar surface area (TPSA) is 21.3 Å². The molecule has 1 aromatic rings. The van der Waals surface area contributed by atoms with Gasteiger partial charge in [0.15, 0.2) is 0 Å². The first-order chi connectivity index (χ1) is 9.27. The molecule has 0 amide bonds. The lowest BCUT2D eigenvalue weighted by atomic mass is 10.1. The van der Waals surface area contributed by atoms with Crippen LogP contribution in [0.4, 0.5) is 10.1 Å². The van der Waals surface area contributed by atoms with Crippen molar-refractivity contribution in [3.63, 3.8) is 0 Å². The van der Waals surface area contributed by atoms with E-state index in [4.69, 9.17) is 4.74 Å². The van der Waals surface area contributed by atoms with Gasteiger partial charge in [0.25, 0.3) is 0 Å². The molecule has 1 aromatic carbocycles. The molecule has 3 heteroatoms. The highest BCUT2D eigenvalue weighted by atomic mass is 19.1. The quantitative estimate of drug-likeness (QED) is 0.602. The van der Waals surface area contributed by atoms with Crippen LogP contribution in [0.2, 0.25) is 0 Å². The van der Waals surface area contributed by atoms with Crippen LogP contribution in [-0.4, -0.2) is 13.2 Å². The Kier molecular flexibility index (Phi) is 8.03. The molecule has 0 aliphatic heterocycles. The monoisotopic (exact) mass is 267 g/mol. The Morgan fingerprint density at radius 1 is 1.05 bits per heavy atom. The molecular formula is C16H26FNO. The Labute approximate surface area is 116 Å². The van der Waals surface area contributed by atoms with Crippen molar-refractivity contribution in [2.75, 3.05) is 18.5 Å². The van der Waals surface area contributed by atoms with Gasteiger partial charge in [0.05, 0.1) is 12.3 Å². The van der Waals surface area contributed by atoms with Gasteiger partial charge in [0, 0.05) is 12.6 Å². The van der Waals surface area contributed by atoms with Crippen molar-refractivity contribution in [1.29, 1.82) is 0 Å². The average Bonchev–Trinajstić information content (AvgIpc) is 2.40. The van der Waals surface area contributed by atoms with Gasteiger partial charge in [0.2, 0.25) is 0 Å². The van der Waals surface area contributed by atoms with Crippen LogP contribution in [-0.2, 0) is 0 Å². The van der Waals surface area contributed by atoms with E-state index in [0.717, 1.165) is 18.7 Å². The maximum Gasteiger partial charge on any atom is 0.145 e. The molecule has 1 rings (SSSR count). The fourth-order valence-electron chi connectivity index (χ4n) is 2.05. The molecule has 0 fully saturated rings. The van der Waals surface area contributed by atoms with E-state index in [2.05, 4.69) is 12.2 Å². The third-order valence-corrected chi connectivity index (χ3v) is 3.09. The van der Waals surface area contributed by atoms with Gasteiger partial charge >= 0.3 is 0 Å². The number of nitrogens with one attached hydrogen (secondary N) is 1. The third-order valence-electron chi connectivity index (χ3n) is 3.09. The Bertz CT molecular complexity index is 355. The van der Waals surface area contributed by atoms with Crippen LogP contribution in [0.25, 0.3) is 0 Å². The van der Waals surface area contributed by atoms with Gasteiger partial charge in [-0.15, -0.1) is 0 Å². The molecule has 0 aliphatic carbocycles. The van der Waals surface area contributed by atoms with E-state index in [1.165, 1.54) is 44.2 Å². The summed E-state index contributed by atoms with van der Waals surface area (Å²) in [5, 5.41) is 3.32. The highest BCUT2D eigenvalue weighted by molar-refractivity contribution is 5.56. The van der Waals surface area contributed by atoms with Crippen LogP contribution in [0.1, 0.15) is 52.4 Å². The second-order valence-corrected chi connectivity index (χ2v) is 4.77. The normalized spacial score (nSPS) is 10.5. The number of halogens is 1. The van der Waals surface area contributed by atoms with Crippen molar-refractivity contribution >= 4 is 5.69 Å². The first-order valence-corrected chi connectivity index (χ1v) is 7.44. The molecule has 2 nitrogen and oxygen atoms in total. The minimum Gasteiger partial charge on any atom is -0.492 e. The summed E-state index contributed by atoms with van der Waals surface area (Å²) in [4.78, 5) is 0. The molecule has 0 saturated heterocycles. The van der Waals surface area contributed by atoms with Crippen LogP contribution in [0, 0.1) is 5.82 Å². The van der Waals surface area contributed by atoms with Crippen molar-refractivity contribution in [2.24, 2.45) is 0 Å². The molecule has 0 radical (unpaired) electrons. The number of hydrogen-bond donors (Lipinski definition) is 1. The number of anilines is 1. The predicted octanol–water partition coefficient (Wildman–Crippen LogP) is 5.00. The molecule has 0 bridgehead atoms. The van der Waals surface area contributed by atoms with E-state index in [1.807, 2.05) is 6.92 Å². The fourth-order valence-corrected chi connectivity index (χ4v) is 2.05. The van der Waals surface area contributed by atoms with E-state index < -0.39 is 0 Å². The highest BCUT2D eigenvalue weighted by Crippen LogP contribution is 2.25. The Hall–Kier alpha value is -1.25. The largest absolute Gasteiger partial charge is 0.492 e. The number of benzene rings is 1. The maximum absolute atomic E-state index is 13.1. The number of unbranched alkanes of at least 4 members (excludes halogenated alkanes) is 5. The summed E-state index contributed by atoms with van der Waals surface area (Å²) < 4.78 is 18.5. The van der Waals surface area contributed by atoms with Crippen molar-refractivity contribution in [1.82, 2.24) is 0 Å². The standard InChI is InChI=1S/C16H26FNO/c1-3-5-6-7-8-9-12-18-15-11-10-14(17)13-16(15)19-4-2/h10-11,13,18H,3-9,12H2,1-2H3. The van der Waals surface area contributed by atoms with Gasteiger partial charge in [-0.05, 0) is 25.5 Å². The molecule has 0 saturated carbocycles. The zero-order chi connectivity index (χ0) is 13.9. The molecule has 0 aliphatic rings. The highest BCUT2D eigenvalue weighted by Gasteiger charge is 2.04. The van der Waals surface area contributed by atoms with E-state index in [-0.39, 0.29) is 5.82 Å². The van der Waals surface area contributed by atoms with Gasteiger partial charge < -0.3 is 10.1 Å². The minimum absolute atomic E-state index is 0.256. The van der Waals surface area contributed by atoms with Crippen LogP contribution in [0.5, 0.6) is 5.75 Å². The second-order valence-electron chi connectivity index (χ2n) is 4.77. The van der Waals surface area contributed by atoms with Crippen molar-refractivity contribution in [2.45, 2.75) is 52.4 Å². The summed E-state index contributed by atoms with van der Waals surface area (Å²) >= 11 is 0. The summed E-state index contributed by atoms with van der Waals surface area (Å²) in [6, 6.07) is 4.65. The zero-order valence-electron chi connectivity index (χ0n) is 12.2. The lowest BCUT2D eigenvalue weighted by molar-refractivity contribution is 0.339. The van der Waals surface area contributed by atoms with Crippen LogP contribution in [0.3, 0.4) is 0 Å². The van der Waals surface area contributed by atoms with Crippen molar-refractivity contribution in [3.05, 3.63) is 24.0 Å². The SMILES string of the molecule is CCCCCCCCNc1ccc(F)cc1OCC. The van der Waals surface area contributed by atoms with E-state index in [1.54, 1.807) is 6.07 Å². The number of hydrogen-bond acceptors (Lipinski definition) is 2. The van der Waals surface area contributed by atoms with Gasteiger partial charge in [0.1, 0.15) is 11.6 Å². The summed E-state index contributed by atoms with van der Waals surface area (Å²) in [5.74, 6) is 0.349. The summed E-state index contributed by atoms with van der Waals surface area (Å²) in [6.07, 6.45) is 7.64. The lowest BCUT2D eigenvalue weighted by Gasteiger charge is -2.12. The first-order valence-electron chi connectivity index (χ1n) is 7.44. The molecular weight excluding hydrogens is 241 g/mol. The summed E-state index contributed by atoms with van der Waals surface area (Å²) in [6.45, 7) is 5.60. The smallest absolute Gasteiger partial charge is 0.145 e. The number of ether oxygens (including phenoxy) is 1. The van der Waals surface area contributed by atoms with Crippen LogP contribution >= 0.6 is 0 Å². The first kappa shape index (κ1) is 15.8. The van der Waals surface area contributed by atoms with Gasteiger partial charge in [-0.25, -0.2) is 4.39 Å². The second kappa shape index (κ2) is 9.65. The van der Waals surface area contributed by atoms with Crippen LogP contribution in [0.15, 0.2) is 18.2 Å².